The van der Waals surface area contributed by atoms with Crippen molar-refractivity contribution in [1.29, 1.82) is 0 Å². The zero-order valence-electron chi connectivity index (χ0n) is 22.7. The third kappa shape index (κ3) is 4.48. The highest BCUT2D eigenvalue weighted by molar-refractivity contribution is 6.01. The van der Waals surface area contributed by atoms with Gasteiger partial charge in [0.05, 0.1) is 11.2 Å². The van der Waals surface area contributed by atoms with E-state index < -0.39 is 5.82 Å². The molecule has 4 aromatic rings. The zero-order chi connectivity index (χ0) is 27.3. The predicted molar refractivity (Wildman–Crippen MR) is 148 cm³/mol. The lowest BCUT2D eigenvalue weighted by Gasteiger charge is -2.31. The summed E-state index contributed by atoms with van der Waals surface area (Å²) in [7, 11) is 0. The van der Waals surface area contributed by atoms with Crippen LogP contribution in [0, 0.1) is 17.6 Å². The number of aryl methyl sites for hydroxylation is 1. The van der Waals surface area contributed by atoms with Gasteiger partial charge in [-0.1, -0.05) is 26.8 Å². The molecule has 0 unspecified atom stereocenters. The summed E-state index contributed by atoms with van der Waals surface area (Å²) in [6.45, 7) is 8.67. The second-order valence-electron chi connectivity index (χ2n) is 11.4. The molecule has 0 saturated carbocycles. The Balaban J connectivity index is 1.49. The summed E-state index contributed by atoms with van der Waals surface area (Å²) in [6.07, 6.45) is 7.10. The molecule has 204 valence electrons. The summed E-state index contributed by atoms with van der Waals surface area (Å²) in [4.78, 5) is 16.3. The molecular weight excluding hydrogens is 498 g/mol. The molecule has 2 aliphatic heterocycles. The van der Waals surface area contributed by atoms with Crippen LogP contribution in [0.25, 0.3) is 32.9 Å². The molecule has 0 spiro atoms. The average Bonchev–Trinajstić information content (AvgIpc) is 3.48. The minimum Gasteiger partial charge on any atom is -0.508 e. The highest BCUT2D eigenvalue weighted by Crippen LogP contribution is 2.40. The lowest BCUT2D eigenvalue weighted by Crippen LogP contribution is -2.43. The molecule has 0 radical (unpaired) electrons. The quantitative estimate of drug-likeness (QED) is 0.289. The van der Waals surface area contributed by atoms with Crippen molar-refractivity contribution >= 4 is 21.7 Å². The van der Waals surface area contributed by atoms with Crippen molar-refractivity contribution in [3.05, 3.63) is 53.4 Å². The van der Waals surface area contributed by atoms with E-state index in [9.17, 15) is 9.50 Å². The number of aromatic hydroxyl groups is 1. The SMILES string of the molecule is CCc1c(F)ccc2cc(O)cc(-c3ncc4c(CC(C)C)nc(OCC56CCCN5CCC6)nc4c3F)c12. The molecule has 0 aliphatic carbocycles. The van der Waals surface area contributed by atoms with Crippen molar-refractivity contribution in [3.63, 3.8) is 0 Å². The first-order valence-corrected chi connectivity index (χ1v) is 14.0. The number of fused-ring (bicyclic) bond motifs is 3. The van der Waals surface area contributed by atoms with Crippen LogP contribution in [0.5, 0.6) is 11.8 Å². The Morgan fingerprint density at radius 2 is 1.87 bits per heavy atom. The minimum absolute atomic E-state index is 0.0135. The molecule has 2 aromatic heterocycles. The summed E-state index contributed by atoms with van der Waals surface area (Å²) in [5.41, 5.74) is 1.63. The number of aromatic nitrogens is 3. The number of hydrogen-bond donors (Lipinski definition) is 1. The van der Waals surface area contributed by atoms with Gasteiger partial charge in [0, 0.05) is 17.1 Å². The third-order valence-corrected chi connectivity index (χ3v) is 8.39. The maximum absolute atomic E-state index is 16.4. The second kappa shape index (κ2) is 9.97. The molecule has 0 bridgehead atoms. The first-order valence-electron chi connectivity index (χ1n) is 14.0. The molecule has 2 aromatic carbocycles. The van der Waals surface area contributed by atoms with Gasteiger partial charge in [-0.25, -0.2) is 8.78 Å². The molecule has 2 fully saturated rings. The smallest absolute Gasteiger partial charge is 0.317 e. The first kappa shape index (κ1) is 25.9. The Morgan fingerprint density at radius 1 is 1.10 bits per heavy atom. The molecular formula is C31H34F2N4O2. The van der Waals surface area contributed by atoms with Crippen LogP contribution < -0.4 is 4.74 Å². The van der Waals surface area contributed by atoms with Crippen molar-refractivity contribution in [2.75, 3.05) is 19.7 Å². The van der Waals surface area contributed by atoms with Gasteiger partial charge in [-0.15, -0.1) is 0 Å². The van der Waals surface area contributed by atoms with Gasteiger partial charge in [-0.3, -0.25) is 9.88 Å². The number of nitrogens with zero attached hydrogens (tertiary/aromatic N) is 4. The van der Waals surface area contributed by atoms with Crippen LogP contribution >= 0.6 is 0 Å². The summed E-state index contributed by atoms with van der Waals surface area (Å²) in [5, 5.41) is 12.1. The molecule has 1 N–H and O–H groups in total. The van der Waals surface area contributed by atoms with Crippen LogP contribution in [-0.2, 0) is 12.8 Å². The Morgan fingerprint density at radius 3 is 2.59 bits per heavy atom. The molecule has 2 saturated heterocycles. The van der Waals surface area contributed by atoms with Crippen molar-refractivity contribution < 1.29 is 18.6 Å². The van der Waals surface area contributed by atoms with Crippen LogP contribution in [0.15, 0.2) is 30.5 Å². The van der Waals surface area contributed by atoms with E-state index in [1.54, 1.807) is 18.3 Å². The Bertz CT molecular complexity index is 1560. The van der Waals surface area contributed by atoms with Gasteiger partial charge in [0.25, 0.3) is 0 Å². The van der Waals surface area contributed by atoms with Crippen LogP contribution in [0.4, 0.5) is 8.78 Å². The predicted octanol–water partition coefficient (Wildman–Crippen LogP) is 6.60. The van der Waals surface area contributed by atoms with Gasteiger partial charge >= 0.3 is 6.01 Å². The standard InChI is InChI=1S/C31H34F2N4O2/c1-4-21-24(32)8-7-19-14-20(38)15-22(26(19)21)28-27(33)29-23(16-34-28)25(13-18(2)3)35-30(36-29)39-17-31-9-5-11-37(31)12-6-10-31/h7-8,14-16,18,38H,4-6,9-13,17H2,1-3H3. The maximum Gasteiger partial charge on any atom is 0.317 e. The molecule has 39 heavy (non-hydrogen) atoms. The fourth-order valence-corrected chi connectivity index (χ4v) is 6.58. The number of halogens is 2. The van der Waals surface area contributed by atoms with E-state index in [1.807, 2.05) is 6.92 Å². The Hall–Kier alpha value is -3.39. The van der Waals surface area contributed by atoms with E-state index in [2.05, 4.69) is 28.7 Å². The molecule has 8 heteroatoms. The van der Waals surface area contributed by atoms with Crippen LogP contribution in [0.1, 0.15) is 57.7 Å². The average molecular weight is 533 g/mol. The number of pyridine rings is 1. The van der Waals surface area contributed by atoms with Crippen molar-refractivity contribution in [1.82, 2.24) is 19.9 Å². The van der Waals surface area contributed by atoms with E-state index in [0.717, 1.165) is 38.8 Å². The van der Waals surface area contributed by atoms with Crippen LogP contribution in [-0.4, -0.2) is 50.2 Å². The van der Waals surface area contributed by atoms with Crippen molar-refractivity contribution in [2.24, 2.45) is 5.92 Å². The van der Waals surface area contributed by atoms with E-state index in [1.165, 1.54) is 12.1 Å². The lowest BCUT2D eigenvalue weighted by atomic mass is 9.94. The highest BCUT2D eigenvalue weighted by atomic mass is 19.1. The van der Waals surface area contributed by atoms with Crippen molar-refractivity contribution in [2.45, 2.75) is 64.8 Å². The number of phenolic OH excluding ortho intramolecular Hbond substituents is 1. The number of ether oxygens (including phenoxy) is 1. The van der Waals surface area contributed by atoms with E-state index >= 15 is 4.39 Å². The third-order valence-electron chi connectivity index (χ3n) is 8.39. The molecule has 0 amide bonds. The van der Waals surface area contributed by atoms with Crippen LogP contribution in [0.2, 0.25) is 0 Å². The topological polar surface area (TPSA) is 71.4 Å². The van der Waals surface area contributed by atoms with Gasteiger partial charge in [-0.05, 0) is 92.1 Å². The second-order valence-corrected chi connectivity index (χ2v) is 11.4. The molecule has 4 heterocycles. The molecule has 2 aliphatic rings. The number of phenols is 1. The Labute approximate surface area is 227 Å². The summed E-state index contributed by atoms with van der Waals surface area (Å²) in [5.74, 6) is -0.772. The largest absolute Gasteiger partial charge is 0.508 e. The fourth-order valence-electron chi connectivity index (χ4n) is 6.58. The lowest BCUT2D eigenvalue weighted by molar-refractivity contribution is 0.107. The molecule has 0 atom stereocenters. The van der Waals surface area contributed by atoms with E-state index in [0.29, 0.717) is 52.4 Å². The van der Waals surface area contributed by atoms with Gasteiger partial charge in [-0.2, -0.15) is 9.97 Å². The first-order chi connectivity index (χ1) is 18.8. The summed E-state index contributed by atoms with van der Waals surface area (Å²) in [6, 6.07) is 6.14. The van der Waals surface area contributed by atoms with Gasteiger partial charge in [0.15, 0.2) is 5.82 Å². The number of benzene rings is 2. The van der Waals surface area contributed by atoms with Gasteiger partial charge in [0.2, 0.25) is 0 Å². The fraction of sp³-hybridized carbons (Fsp3) is 0.452. The monoisotopic (exact) mass is 532 g/mol. The number of hydrogen-bond acceptors (Lipinski definition) is 6. The van der Waals surface area contributed by atoms with Gasteiger partial charge < -0.3 is 9.84 Å². The molecule has 6 rings (SSSR count). The highest BCUT2D eigenvalue weighted by Gasteiger charge is 2.45. The number of rotatable bonds is 7. The molecule has 6 nitrogen and oxygen atoms in total. The van der Waals surface area contributed by atoms with Crippen LogP contribution in [0.3, 0.4) is 0 Å². The summed E-state index contributed by atoms with van der Waals surface area (Å²) >= 11 is 0. The normalized spacial score (nSPS) is 17.0. The van der Waals surface area contributed by atoms with E-state index in [-0.39, 0.29) is 40.2 Å². The summed E-state index contributed by atoms with van der Waals surface area (Å²) < 4.78 is 37.4. The van der Waals surface area contributed by atoms with Gasteiger partial charge in [0.1, 0.15) is 29.4 Å². The van der Waals surface area contributed by atoms with Crippen molar-refractivity contribution in [3.8, 4) is 23.0 Å². The Kier molecular flexibility index (Phi) is 6.61. The zero-order valence-corrected chi connectivity index (χ0v) is 22.7. The van der Waals surface area contributed by atoms with E-state index in [4.69, 9.17) is 9.72 Å². The minimum atomic E-state index is -0.635. The maximum atomic E-state index is 16.4.